The number of hydrogen-bond donors (Lipinski definition) is 4. The highest BCUT2D eigenvalue weighted by Gasteiger charge is 2.28. The van der Waals surface area contributed by atoms with Crippen LogP contribution in [0, 0.1) is 5.92 Å². The number of rotatable bonds is 6. The molecule has 0 aromatic heterocycles. The summed E-state index contributed by atoms with van der Waals surface area (Å²) < 4.78 is 5.67. The van der Waals surface area contributed by atoms with Crippen LogP contribution < -0.4 is 21.5 Å². The molecule has 1 aliphatic heterocycles. The molecule has 1 aromatic rings. The molecule has 1 aromatic carbocycles. The number of amides is 1. The van der Waals surface area contributed by atoms with Crippen molar-refractivity contribution >= 4 is 23.5 Å². The second kappa shape index (κ2) is 6.99. The summed E-state index contributed by atoms with van der Waals surface area (Å²) >= 11 is 0. The molecule has 2 unspecified atom stereocenters. The zero-order valence-corrected chi connectivity index (χ0v) is 12.8. The predicted molar refractivity (Wildman–Crippen MR) is 85.0 cm³/mol. The Morgan fingerprint density at radius 3 is 2.87 bits per heavy atom. The number of carbonyl (C=O) groups is 2. The van der Waals surface area contributed by atoms with Gasteiger partial charge in [-0.15, -0.1) is 0 Å². The number of nitrogens with one attached hydrogen (secondary N) is 1. The van der Waals surface area contributed by atoms with Crippen LogP contribution in [-0.2, 0) is 16.0 Å². The summed E-state index contributed by atoms with van der Waals surface area (Å²) in [5.41, 5.74) is 12.2. The van der Waals surface area contributed by atoms with Crippen LogP contribution >= 0.6 is 0 Å². The van der Waals surface area contributed by atoms with Gasteiger partial charge in [0.15, 0.2) is 12.2 Å². The summed E-state index contributed by atoms with van der Waals surface area (Å²) in [4.78, 5) is 26.7. The van der Waals surface area contributed by atoms with E-state index in [4.69, 9.17) is 21.3 Å². The first-order valence-electron chi connectivity index (χ1n) is 7.30. The molecule has 0 fully saturated rings. The topological polar surface area (TPSA) is 140 Å². The first-order valence-corrected chi connectivity index (χ1v) is 7.30. The summed E-state index contributed by atoms with van der Waals surface area (Å²) in [6, 6.07) is 5.25. The first kappa shape index (κ1) is 16.6. The van der Waals surface area contributed by atoms with E-state index in [1.807, 2.05) is 6.92 Å². The van der Waals surface area contributed by atoms with Gasteiger partial charge in [-0.1, -0.05) is 13.0 Å². The van der Waals surface area contributed by atoms with Crippen LogP contribution in [0.1, 0.15) is 25.3 Å². The van der Waals surface area contributed by atoms with E-state index < -0.39 is 18.1 Å². The Kier molecular flexibility index (Phi) is 5.05. The average molecular weight is 320 g/mol. The van der Waals surface area contributed by atoms with Gasteiger partial charge in [0.25, 0.3) is 0 Å². The van der Waals surface area contributed by atoms with Crippen molar-refractivity contribution in [2.75, 3.05) is 5.32 Å². The molecule has 8 heteroatoms. The van der Waals surface area contributed by atoms with Crippen LogP contribution in [-0.4, -0.2) is 29.2 Å². The van der Waals surface area contributed by atoms with Crippen molar-refractivity contribution in [3.63, 3.8) is 0 Å². The third-order valence-electron chi connectivity index (χ3n) is 3.51. The summed E-state index contributed by atoms with van der Waals surface area (Å²) in [5, 5.41) is 11.6. The molecule has 1 aliphatic rings. The van der Waals surface area contributed by atoms with Crippen molar-refractivity contribution in [3.8, 4) is 5.75 Å². The lowest BCUT2D eigenvalue weighted by Gasteiger charge is -2.24. The maximum Gasteiger partial charge on any atom is 0.304 e. The molecule has 23 heavy (non-hydrogen) atoms. The van der Waals surface area contributed by atoms with Crippen LogP contribution in [0.2, 0.25) is 0 Å². The zero-order chi connectivity index (χ0) is 17.0. The van der Waals surface area contributed by atoms with E-state index in [-0.39, 0.29) is 18.3 Å². The fourth-order valence-corrected chi connectivity index (χ4v) is 2.42. The SMILES string of the molecule is CCC(N=C(N)N)Oc1ccc2c(c1)NC(=O)C(CC(=O)O)C2. The van der Waals surface area contributed by atoms with Gasteiger partial charge in [0.2, 0.25) is 5.91 Å². The number of benzene rings is 1. The Morgan fingerprint density at radius 1 is 1.52 bits per heavy atom. The second-order valence-corrected chi connectivity index (χ2v) is 5.34. The van der Waals surface area contributed by atoms with Crippen LogP contribution in [0.25, 0.3) is 0 Å². The number of carboxylic acid groups (broad SMARTS) is 1. The summed E-state index contributed by atoms with van der Waals surface area (Å²) in [6.45, 7) is 1.88. The molecule has 0 radical (unpaired) electrons. The fourth-order valence-electron chi connectivity index (χ4n) is 2.42. The number of carboxylic acids is 1. The molecular formula is C15H20N4O4. The first-order chi connectivity index (χ1) is 10.9. The van der Waals surface area contributed by atoms with Crippen molar-refractivity contribution in [1.82, 2.24) is 0 Å². The van der Waals surface area contributed by atoms with Crippen molar-refractivity contribution in [2.45, 2.75) is 32.4 Å². The van der Waals surface area contributed by atoms with Crippen molar-refractivity contribution in [2.24, 2.45) is 22.4 Å². The third-order valence-corrected chi connectivity index (χ3v) is 3.51. The molecule has 1 amide bonds. The Hall–Kier alpha value is -2.77. The fraction of sp³-hybridized carbons (Fsp3) is 0.400. The van der Waals surface area contributed by atoms with E-state index in [9.17, 15) is 9.59 Å². The van der Waals surface area contributed by atoms with Gasteiger partial charge >= 0.3 is 5.97 Å². The highest BCUT2D eigenvalue weighted by atomic mass is 16.5. The molecule has 0 saturated heterocycles. The lowest BCUT2D eigenvalue weighted by molar-refractivity contribution is -0.140. The largest absolute Gasteiger partial charge is 0.481 e. The summed E-state index contributed by atoms with van der Waals surface area (Å²) in [6.07, 6.45) is 0.282. The third kappa shape index (κ3) is 4.35. The Balaban J connectivity index is 2.15. The number of ether oxygens (including phenoxy) is 1. The lowest BCUT2D eigenvalue weighted by atomic mass is 9.91. The summed E-state index contributed by atoms with van der Waals surface area (Å²) in [7, 11) is 0. The summed E-state index contributed by atoms with van der Waals surface area (Å²) in [5.74, 6) is -1.38. The minimum Gasteiger partial charge on any atom is -0.481 e. The Bertz CT molecular complexity index is 640. The Morgan fingerprint density at radius 2 is 2.26 bits per heavy atom. The van der Waals surface area contributed by atoms with Crippen LogP contribution in [0.3, 0.4) is 0 Å². The molecule has 0 spiro atoms. The number of aliphatic imine (C=N–C) groups is 1. The van der Waals surface area contributed by atoms with E-state index in [2.05, 4.69) is 10.3 Å². The normalized spacial score (nSPS) is 17.6. The molecule has 1 heterocycles. The van der Waals surface area contributed by atoms with Crippen LogP contribution in [0.15, 0.2) is 23.2 Å². The molecule has 6 N–H and O–H groups in total. The number of nitrogens with zero attached hydrogens (tertiary/aromatic N) is 1. The number of anilines is 1. The van der Waals surface area contributed by atoms with E-state index in [1.165, 1.54) is 0 Å². The zero-order valence-electron chi connectivity index (χ0n) is 12.8. The van der Waals surface area contributed by atoms with Gasteiger partial charge in [-0.2, -0.15) is 0 Å². The number of fused-ring (bicyclic) bond motifs is 1. The van der Waals surface area contributed by atoms with E-state index in [0.29, 0.717) is 24.3 Å². The second-order valence-electron chi connectivity index (χ2n) is 5.34. The van der Waals surface area contributed by atoms with Crippen molar-refractivity contribution in [3.05, 3.63) is 23.8 Å². The van der Waals surface area contributed by atoms with Gasteiger partial charge in [-0.3, -0.25) is 9.59 Å². The monoisotopic (exact) mass is 320 g/mol. The number of nitrogens with two attached hydrogens (primary N) is 2. The standard InChI is InChI=1S/C15H20N4O4/c1-2-12(19-15(16)17)23-10-4-3-8-5-9(6-13(20)21)14(22)18-11(8)7-10/h3-4,7,9,12H,2,5-6H2,1H3,(H,18,22)(H,20,21)(H4,16,17,19). The average Bonchev–Trinajstić information content (AvgIpc) is 2.46. The smallest absolute Gasteiger partial charge is 0.304 e. The van der Waals surface area contributed by atoms with Gasteiger partial charge < -0.3 is 26.6 Å². The number of carbonyl (C=O) groups excluding carboxylic acids is 1. The lowest BCUT2D eigenvalue weighted by Crippen LogP contribution is -2.31. The van der Waals surface area contributed by atoms with Crippen molar-refractivity contribution in [1.29, 1.82) is 0 Å². The van der Waals surface area contributed by atoms with E-state index >= 15 is 0 Å². The maximum absolute atomic E-state index is 12.0. The molecule has 0 aliphatic carbocycles. The molecule has 2 rings (SSSR count). The van der Waals surface area contributed by atoms with Crippen LogP contribution in [0.4, 0.5) is 5.69 Å². The molecule has 0 bridgehead atoms. The minimum atomic E-state index is -0.989. The molecule has 2 atom stereocenters. The van der Waals surface area contributed by atoms with Crippen LogP contribution in [0.5, 0.6) is 5.75 Å². The van der Waals surface area contributed by atoms with E-state index in [0.717, 1.165) is 5.56 Å². The molecule has 0 saturated carbocycles. The van der Waals surface area contributed by atoms with Gasteiger partial charge in [-0.25, -0.2) is 4.99 Å². The number of hydrogen-bond acceptors (Lipinski definition) is 4. The molecular weight excluding hydrogens is 300 g/mol. The maximum atomic E-state index is 12.0. The van der Waals surface area contributed by atoms with Gasteiger partial charge in [-0.05, 0) is 18.1 Å². The van der Waals surface area contributed by atoms with E-state index in [1.54, 1.807) is 18.2 Å². The number of aliphatic carboxylic acids is 1. The van der Waals surface area contributed by atoms with Gasteiger partial charge in [0.1, 0.15) is 5.75 Å². The number of guanidine groups is 1. The quantitative estimate of drug-likeness (QED) is 0.448. The minimum absolute atomic E-state index is 0.0559. The highest BCUT2D eigenvalue weighted by molar-refractivity contribution is 5.97. The Labute approximate surface area is 133 Å². The highest BCUT2D eigenvalue weighted by Crippen LogP contribution is 2.31. The molecule has 8 nitrogen and oxygen atoms in total. The van der Waals surface area contributed by atoms with Gasteiger partial charge in [0, 0.05) is 18.2 Å². The predicted octanol–water partition coefficient (Wildman–Crippen LogP) is 0.660. The van der Waals surface area contributed by atoms with Gasteiger partial charge in [0.05, 0.1) is 12.3 Å². The van der Waals surface area contributed by atoms with Crippen molar-refractivity contribution < 1.29 is 19.4 Å². The molecule has 124 valence electrons.